The van der Waals surface area contributed by atoms with Gasteiger partial charge >= 0.3 is 0 Å². The number of nitro groups is 1. The number of hydrogen-bond acceptors (Lipinski definition) is 4. The lowest BCUT2D eigenvalue weighted by molar-refractivity contribution is -0.862. The van der Waals surface area contributed by atoms with Crippen LogP contribution in [-0.2, 0) is 9.59 Å². The van der Waals surface area contributed by atoms with Gasteiger partial charge in [-0.3, -0.25) is 19.7 Å². The van der Waals surface area contributed by atoms with Crippen molar-refractivity contribution in [2.75, 3.05) is 30.8 Å². The summed E-state index contributed by atoms with van der Waals surface area (Å²) in [5.41, 5.74) is 2.08. The van der Waals surface area contributed by atoms with Gasteiger partial charge < -0.3 is 15.5 Å². The van der Waals surface area contributed by atoms with Crippen LogP contribution in [0.2, 0.25) is 5.02 Å². The van der Waals surface area contributed by atoms with Gasteiger partial charge in [0.1, 0.15) is 5.69 Å². The maximum Gasteiger partial charge on any atom is 0.293 e. The molecule has 1 atom stereocenters. The van der Waals surface area contributed by atoms with Crippen molar-refractivity contribution in [2.45, 2.75) is 13.8 Å². The van der Waals surface area contributed by atoms with E-state index in [0.717, 1.165) is 11.1 Å². The molecular formula is C19H22ClN4O4+. The number of hydrogen-bond donors (Lipinski definition) is 3. The normalized spacial score (nSPS) is 11.6. The van der Waals surface area contributed by atoms with Gasteiger partial charge in [0, 0.05) is 6.07 Å². The smallest absolute Gasteiger partial charge is 0.293 e. The van der Waals surface area contributed by atoms with Crippen molar-refractivity contribution >= 4 is 40.5 Å². The first-order valence-electron chi connectivity index (χ1n) is 8.58. The maximum atomic E-state index is 12.3. The Kier molecular flexibility index (Phi) is 7.08. The Morgan fingerprint density at radius 1 is 1.04 bits per heavy atom. The molecule has 2 amide bonds. The fraction of sp³-hybridized carbons (Fsp3) is 0.263. The van der Waals surface area contributed by atoms with Crippen molar-refractivity contribution in [3.8, 4) is 0 Å². The number of carbonyl (C=O) groups excluding carboxylic acids is 2. The van der Waals surface area contributed by atoms with E-state index in [0.29, 0.717) is 15.6 Å². The monoisotopic (exact) mass is 405 g/mol. The molecule has 0 aliphatic carbocycles. The molecule has 0 radical (unpaired) electrons. The van der Waals surface area contributed by atoms with Crippen molar-refractivity contribution in [3.63, 3.8) is 0 Å². The highest BCUT2D eigenvalue weighted by molar-refractivity contribution is 6.33. The van der Waals surface area contributed by atoms with E-state index in [2.05, 4.69) is 10.6 Å². The van der Waals surface area contributed by atoms with Crippen LogP contribution in [0.25, 0.3) is 0 Å². The summed E-state index contributed by atoms with van der Waals surface area (Å²) in [5, 5.41) is 16.9. The second-order valence-corrected chi connectivity index (χ2v) is 7.00. The topological polar surface area (TPSA) is 106 Å². The molecule has 9 heteroatoms. The van der Waals surface area contributed by atoms with Crippen molar-refractivity contribution in [1.82, 2.24) is 0 Å². The summed E-state index contributed by atoms with van der Waals surface area (Å²) >= 11 is 6.00. The lowest BCUT2D eigenvalue weighted by atomic mass is 10.1. The molecule has 0 saturated heterocycles. The van der Waals surface area contributed by atoms with E-state index in [1.807, 2.05) is 6.92 Å². The molecular weight excluding hydrogens is 384 g/mol. The van der Waals surface area contributed by atoms with Crippen LogP contribution in [-0.4, -0.2) is 36.9 Å². The van der Waals surface area contributed by atoms with Gasteiger partial charge in [-0.1, -0.05) is 23.7 Å². The van der Waals surface area contributed by atoms with Gasteiger partial charge in [-0.25, -0.2) is 0 Å². The summed E-state index contributed by atoms with van der Waals surface area (Å²) in [6, 6.07) is 9.86. The van der Waals surface area contributed by atoms with E-state index in [9.17, 15) is 19.7 Å². The molecule has 148 valence electrons. The summed E-state index contributed by atoms with van der Waals surface area (Å²) in [4.78, 5) is 35.7. The van der Waals surface area contributed by atoms with E-state index in [-0.39, 0.29) is 30.4 Å². The number of carbonyl (C=O) groups is 2. The molecule has 8 nitrogen and oxygen atoms in total. The molecule has 0 aliphatic rings. The Morgan fingerprint density at radius 2 is 1.57 bits per heavy atom. The van der Waals surface area contributed by atoms with Crippen LogP contribution in [0.15, 0.2) is 36.4 Å². The molecule has 1 unspecified atom stereocenters. The number of aryl methyl sites for hydroxylation is 2. The Balaban J connectivity index is 1.96. The van der Waals surface area contributed by atoms with Crippen molar-refractivity contribution in [1.29, 1.82) is 0 Å². The number of halogens is 1. The van der Waals surface area contributed by atoms with Crippen LogP contribution in [0.4, 0.5) is 17.1 Å². The largest absolute Gasteiger partial charge is 0.322 e. The van der Waals surface area contributed by atoms with Crippen LogP contribution >= 0.6 is 11.6 Å². The van der Waals surface area contributed by atoms with Gasteiger partial charge in [-0.2, -0.15) is 0 Å². The second-order valence-electron chi connectivity index (χ2n) is 6.60. The highest BCUT2D eigenvalue weighted by Crippen LogP contribution is 2.27. The van der Waals surface area contributed by atoms with E-state index in [1.165, 1.54) is 6.07 Å². The van der Waals surface area contributed by atoms with Gasteiger partial charge in [0.25, 0.3) is 17.5 Å². The molecule has 0 saturated carbocycles. The lowest BCUT2D eigenvalue weighted by Crippen LogP contribution is -3.11. The summed E-state index contributed by atoms with van der Waals surface area (Å²) in [7, 11) is 1.68. The van der Waals surface area contributed by atoms with Gasteiger partial charge in [-0.05, 0) is 43.2 Å². The SMILES string of the molecule is Cc1cc(NC(=O)C[NH+](C)CC(=O)Nc2ccccc2Cl)c([N+](=O)[O-])cc1C. The third-order valence-electron chi connectivity index (χ3n) is 4.16. The number of para-hydroxylation sites is 1. The zero-order valence-electron chi connectivity index (χ0n) is 15.8. The van der Waals surface area contributed by atoms with Crippen LogP contribution in [0.5, 0.6) is 0 Å². The number of likely N-dealkylation sites (N-methyl/N-ethyl adjacent to an activating group) is 1. The first-order valence-corrected chi connectivity index (χ1v) is 8.96. The molecule has 0 spiro atoms. The zero-order valence-corrected chi connectivity index (χ0v) is 16.6. The van der Waals surface area contributed by atoms with Gasteiger partial charge in [0.2, 0.25) is 0 Å². The number of quaternary nitrogens is 1. The lowest BCUT2D eigenvalue weighted by Gasteiger charge is -2.14. The number of nitro benzene ring substituents is 1. The Bertz CT molecular complexity index is 917. The first-order chi connectivity index (χ1) is 13.2. The number of amides is 2. The molecule has 28 heavy (non-hydrogen) atoms. The molecule has 0 bridgehead atoms. The van der Waals surface area contributed by atoms with Gasteiger partial charge in [0.15, 0.2) is 13.1 Å². The molecule has 0 aliphatic heterocycles. The van der Waals surface area contributed by atoms with Crippen molar-refractivity contribution in [3.05, 3.63) is 62.7 Å². The third kappa shape index (κ3) is 5.77. The average molecular weight is 406 g/mol. The molecule has 3 N–H and O–H groups in total. The van der Waals surface area contributed by atoms with Gasteiger partial charge in [0.05, 0.1) is 22.7 Å². The minimum Gasteiger partial charge on any atom is -0.322 e. The maximum absolute atomic E-state index is 12.3. The van der Waals surface area contributed by atoms with Crippen molar-refractivity contribution in [2.24, 2.45) is 0 Å². The number of anilines is 2. The predicted octanol–water partition coefficient (Wildman–Crippen LogP) is 1.96. The number of nitrogens with zero attached hydrogens (tertiary/aromatic N) is 1. The fourth-order valence-corrected chi connectivity index (χ4v) is 2.80. The molecule has 2 aromatic carbocycles. The van der Waals surface area contributed by atoms with Crippen LogP contribution in [0.1, 0.15) is 11.1 Å². The van der Waals surface area contributed by atoms with E-state index < -0.39 is 10.8 Å². The second kappa shape index (κ2) is 9.29. The zero-order chi connectivity index (χ0) is 20.8. The molecule has 0 aromatic heterocycles. The Labute approximate surface area is 167 Å². The van der Waals surface area contributed by atoms with Gasteiger partial charge in [-0.15, -0.1) is 0 Å². The first kappa shape index (κ1) is 21.3. The summed E-state index contributed by atoms with van der Waals surface area (Å²) in [6.45, 7) is 3.59. The average Bonchev–Trinajstić information content (AvgIpc) is 2.59. The summed E-state index contributed by atoms with van der Waals surface area (Å²) in [5.74, 6) is -0.718. The Hall–Kier alpha value is -2.97. The van der Waals surface area contributed by atoms with E-state index in [1.54, 1.807) is 44.3 Å². The quantitative estimate of drug-likeness (QED) is 0.483. The third-order valence-corrected chi connectivity index (χ3v) is 4.49. The van der Waals surface area contributed by atoms with Crippen LogP contribution in [0, 0.1) is 24.0 Å². The number of benzene rings is 2. The van der Waals surface area contributed by atoms with Crippen LogP contribution in [0.3, 0.4) is 0 Å². The molecule has 0 heterocycles. The van der Waals surface area contributed by atoms with Crippen LogP contribution < -0.4 is 15.5 Å². The standard InChI is InChI=1S/C19H21ClN4O4/c1-12-8-16(17(24(27)28)9-13(12)2)22-19(26)11-23(3)10-18(25)21-15-7-5-4-6-14(15)20/h4-9H,10-11H2,1-3H3,(H,21,25)(H,22,26)/p+1. The van der Waals surface area contributed by atoms with E-state index in [4.69, 9.17) is 11.6 Å². The summed E-state index contributed by atoms with van der Waals surface area (Å²) in [6.07, 6.45) is 0. The Morgan fingerprint density at radius 3 is 2.14 bits per heavy atom. The predicted molar refractivity (Wildman–Crippen MR) is 108 cm³/mol. The number of nitrogens with one attached hydrogen (secondary N) is 3. The highest BCUT2D eigenvalue weighted by atomic mass is 35.5. The minimum absolute atomic E-state index is 0.0278. The summed E-state index contributed by atoms with van der Waals surface area (Å²) < 4.78 is 0. The fourth-order valence-electron chi connectivity index (χ4n) is 2.61. The van der Waals surface area contributed by atoms with E-state index >= 15 is 0 Å². The highest BCUT2D eigenvalue weighted by Gasteiger charge is 2.20. The van der Waals surface area contributed by atoms with Crippen molar-refractivity contribution < 1.29 is 19.4 Å². The molecule has 0 fully saturated rings. The minimum atomic E-state index is -0.532. The molecule has 2 rings (SSSR count). The number of rotatable bonds is 7. The molecule has 2 aromatic rings.